The Balaban J connectivity index is 3.84. The summed E-state index contributed by atoms with van der Waals surface area (Å²) in [7, 11) is 0. The fourth-order valence-electron chi connectivity index (χ4n) is 1.52. The molecule has 0 aliphatic heterocycles. The molecule has 0 bridgehead atoms. The van der Waals surface area contributed by atoms with Crippen LogP contribution in [0.25, 0.3) is 0 Å². The van der Waals surface area contributed by atoms with Gasteiger partial charge in [0.2, 0.25) is 0 Å². The Morgan fingerprint density at radius 2 is 1.83 bits per heavy atom. The molecule has 0 aromatic rings. The van der Waals surface area contributed by atoms with Gasteiger partial charge in [-0.25, -0.2) is 0 Å². The smallest absolute Gasteiger partial charge is 0.0209 e. The molecule has 1 atom stereocenters. The Morgan fingerprint density at radius 1 is 1.25 bits per heavy atom. The molecule has 72 valence electrons. The molecular weight excluding hydrogens is 144 g/mol. The summed E-state index contributed by atoms with van der Waals surface area (Å²) in [6.45, 7) is 11.3. The molecule has 0 nitrogen and oxygen atoms in total. The van der Waals surface area contributed by atoms with E-state index in [-0.39, 0.29) is 0 Å². The van der Waals surface area contributed by atoms with Crippen molar-refractivity contribution < 1.29 is 0 Å². The molecule has 1 unspecified atom stereocenters. The van der Waals surface area contributed by atoms with Crippen molar-refractivity contribution in [1.82, 2.24) is 0 Å². The van der Waals surface area contributed by atoms with Gasteiger partial charge in [0.15, 0.2) is 0 Å². The van der Waals surface area contributed by atoms with Crippen LogP contribution in [0.2, 0.25) is 0 Å². The number of rotatable bonds is 5. The van der Waals surface area contributed by atoms with Crippen LogP contribution >= 0.6 is 0 Å². The van der Waals surface area contributed by atoms with E-state index in [4.69, 9.17) is 0 Å². The van der Waals surface area contributed by atoms with E-state index in [0.717, 1.165) is 11.8 Å². The molecule has 0 N–H and O–H groups in total. The standard InChI is InChI=1S/C12H24/c1-6-11(5)12(7-2)9-8-10(3)4/h6,10,12H,7-9H2,1-5H3/b11-6+. The molecular formula is C12H24. The van der Waals surface area contributed by atoms with E-state index in [1.807, 2.05) is 0 Å². The molecule has 0 spiro atoms. The second-order valence-electron chi connectivity index (χ2n) is 4.11. The summed E-state index contributed by atoms with van der Waals surface area (Å²) in [5.41, 5.74) is 1.57. The summed E-state index contributed by atoms with van der Waals surface area (Å²) in [6, 6.07) is 0. The van der Waals surface area contributed by atoms with Gasteiger partial charge in [0.1, 0.15) is 0 Å². The van der Waals surface area contributed by atoms with Gasteiger partial charge in [-0.1, -0.05) is 38.8 Å². The first-order valence-electron chi connectivity index (χ1n) is 5.24. The Labute approximate surface area is 78.1 Å². The predicted octanol–water partition coefficient (Wildman–Crippen LogP) is 4.42. The summed E-state index contributed by atoms with van der Waals surface area (Å²) in [6.07, 6.45) is 6.28. The van der Waals surface area contributed by atoms with Crippen LogP contribution in [0.1, 0.15) is 53.9 Å². The lowest BCUT2D eigenvalue weighted by Gasteiger charge is -2.16. The number of hydrogen-bond acceptors (Lipinski definition) is 0. The minimum absolute atomic E-state index is 0.831. The molecule has 0 radical (unpaired) electrons. The van der Waals surface area contributed by atoms with Crippen LogP contribution in [0, 0.1) is 11.8 Å². The summed E-state index contributed by atoms with van der Waals surface area (Å²) in [5, 5.41) is 0. The van der Waals surface area contributed by atoms with E-state index in [2.05, 4.69) is 40.7 Å². The van der Waals surface area contributed by atoms with Gasteiger partial charge in [0.05, 0.1) is 0 Å². The third-order valence-corrected chi connectivity index (χ3v) is 2.68. The second kappa shape index (κ2) is 6.28. The minimum Gasteiger partial charge on any atom is -0.0885 e. The predicted molar refractivity (Wildman–Crippen MR) is 57.3 cm³/mol. The lowest BCUT2D eigenvalue weighted by atomic mass is 9.90. The van der Waals surface area contributed by atoms with Crippen molar-refractivity contribution >= 4 is 0 Å². The van der Waals surface area contributed by atoms with E-state index in [1.54, 1.807) is 5.57 Å². The lowest BCUT2D eigenvalue weighted by Crippen LogP contribution is -2.02. The quantitative estimate of drug-likeness (QED) is 0.533. The number of hydrogen-bond donors (Lipinski definition) is 0. The van der Waals surface area contributed by atoms with Crippen LogP contribution < -0.4 is 0 Å². The lowest BCUT2D eigenvalue weighted by molar-refractivity contribution is 0.457. The third-order valence-electron chi connectivity index (χ3n) is 2.68. The first-order valence-corrected chi connectivity index (χ1v) is 5.24. The zero-order valence-electron chi connectivity index (χ0n) is 9.35. The highest BCUT2D eigenvalue weighted by Gasteiger charge is 2.07. The summed E-state index contributed by atoms with van der Waals surface area (Å²) in [4.78, 5) is 0. The Kier molecular flexibility index (Phi) is 6.14. The molecule has 0 aromatic carbocycles. The summed E-state index contributed by atoms with van der Waals surface area (Å²) >= 11 is 0. The molecule has 0 saturated heterocycles. The monoisotopic (exact) mass is 168 g/mol. The van der Waals surface area contributed by atoms with Crippen molar-refractivity contribution in [2.45, 2.75) is 53.9 Å². The second-order valence-corrected chi connectivity index (χ2v) is 4.11. The van der Waals surface area contributed by atoms with Gasteiger partial charge in [-0.15, -0.1) is 0 Å². The van der Waals surface area contributed by atoms with Gasteiger partial charge in [0, 0.05) is 0 Å². The van der Waals surface area contributed by atoms with Crippen molar-refractivity contribution in [3.63, 3.8) is 0 Å². The van der Waals surface area contributed by atoms with Gasteiger partial charge in [-0.05, 0) is 38.5 Å². The fourth-order valence-corrected chi connectivity index (χ4v) is 1.52. The molecule has 0 heterocycles. The van der Waals surface area contributed by atoms with Crippen LogP contribution in [0.3, 0.4) is 0 Å². The van der Waals surface area contributed by atoms with E-state index < -0.39 is 0 Å². The summed E-state index contributed by atoms with van der Waals surface area (Å²) < 4.78 is 0. The Hall–Kier alpha value is -0.260. The summed E-state index contributed by atoms with van der Waals surface area (Å²) in [5.74, 6) is 1.68. The van der Waals surface area contributed by atoms with E-state index in [0.29, 0.717) is 0 Å². The zero-order valence-corrected chi connectivity index (χ0v) is 9.35. The van der Waals surface area contributed by atoms with Crippen LogP contribution in [-0.2, 0) is 0 Å². The van der Waals surface area contributed by atoms with Crippen LogP contribution in [0.15, 0.2) is 11.6 Å². The Morgan fingerprint density at radius 3 is 2.17 bits per heavy atom. The van der Waals surface area contributed by atoms with Crippen molar-refractivity contribution in [3.8, 4) is 0 Å². The molecule has 0 aliphatic rings. The van der Waals surface area contributed by atoms with E-state index >= 15 is 0 Å². The fraction of sp³-hybridized carbons (Fsp3) is 0.833. The molecule has 12 heavy (non-hydrogen) atoms. The number of allylic oxidation sites excluding steroid dienone is 2. The molecule has 0 aromatic heterocycles. The Bertz CT molecular complexity index is 131. The largest absolute Gasteiger partial charge is 0.0885 e. The van der Waals surface area contributed by atoms with Crippen molar-refractivity contribution in [1.29, 1.82) is 0 Å². The molecule has 0 saturated carbocycles. The van der Waals surface area contributed by atoms with Gasteiger partial charge < -0.3 is 0 Å². The third kappa shape index (κ3) is 4.58. The molecule has 0 rings (SSSR count). The minimum atomic E-state index is 0.831. The van der Waals surface area contributed by atoms with Gasteiger partial charge in [-0.3, -0.25) is 0 Å². The highest BCUT2D eigenvalue weighted by atomic mass is 14.1. The highest BCUT2D eigenvalue weighted by Crippen LogP contribution is 2.22. The maximum Gasteiger partial charge on any atom is -0.0209 e. The zero-order chi connectivity index (χ0) is 9.56. The van der Waals surface area contributed by atoms with Gasteiger partial charge >= 0.3 is 0 Å². The molecule has 0 aliphatic carbocycles. The molecule has 0 amide bonds. The van der Waals surface area contributed by atoms with E-state index in [9.17, 15) is 0 Å². The maximum atomic E-state index is 2.30. The topological polar surface area (TPSA) is 0 Å². The van der Waals surface area contributed by atoms with Gasteiger partial charge in [0.25, 0.3) is 0 Å². The van der Waals surface area contributed by atoms with E-state index in [1.165, 1.54) is 19.3 Å². The average molecular weight is 168 g/mol. The first-order chi connectivity index (χ1) is 5.61. The maximum absolute atomic E-state index is 2.30. The normalized spacial score (nSPS) is 15.3. The first kappa shape index (κ1) is 11.7. The molecule has 0 heteroatoms. The van der Waals surface area contributed by atoms with Crippen LogP contribution in [0.4, 0.5) is 0 Å². The van der Waals surface area contributed by atoms with Crippen LogP contribution in [-0.4, -0.2) is 0 Å². The van der Waals surface area contributed by atoms with Crippen molar-refractivity contribution in [2.24, 2.45) is 11.8 Å². The van der Waals surface area contributed by atoms with Crippen LogP contribution in [0.5, 0.6) is 0 Å². The molecule has 0 fully saturated rings. The van der Waals surface area contributed by atoms with Crippen molar-refractivity contribution in [2.75, 3.05) is 0 Å². The highest BCUT2D eigenvalue weighted by molar-refractivity contribution is 5.01. The van der Waals surface area contributed by atoms with Crippen molar-refractivity contribution in [3.05, 3.63) is 11.6 Å². The SMILES string of the molecule is C/C=C(\C)C(CC)CCC(C)C. The van der Waals surface area contributed by atoms with Gasteiger partial charge in [-0.2, -0.15) is 0 Å². The average Bonchev–Trinajstić information content (AvgIpc) is 2.04.